The number of urea groups is 1. The predicted molar refractivity (Wildman–Crippen MR) is 143 cm³/mol. The van der Waals surface area contributed by atoms with Crippen LogP contribution in [0.1, 0.15) is 11.3 Å². The molecule has 10 heteroatoms. The van der Waals surface area contributed by atoms with E-state index in [9.17, 15) is 9.59 Å². The van der Waals surface area contributed by atoms with Crippen molar-refractivity contribution in [2.24, 2.45) is 5.73 Å². The van der Waals surface area contributed by atoms with E-state index in [1.165, 1.54) is 4.90 Å². The molecule has 0 radical (unpaired) electrons. The number of carbonyl (C=O) groups excluding carboxylic acids is 2. The molecule has 186 valence electrons. The molecule has 1 unspecified atom stereocenters. The van der Waals surface area contributed by atoms with Crippen molar-refractivity contribution in [1.82, 2.24) is 19.2 Å². The molecule has 3 aromatic carbocycles. The Balaban J connectivity index is 1.48. The minimum atomic E-state index is -0.797. The molecule has 0 aliphatic rings. The average molecular weight is 505 g/mol. The molecular weight excluding hydrogens is 476 g/mol. The van der Waals surface area contributed by atoms with E-state index in [1.54, 1.807) is 42.5 Å². The highest BCUT2D eigenvalue weighted by molar-refractivity contribution is 7.96. The van der Waals surface area contributed by atoms with Crippen molar-refractivity contribution in [1.29, 1.82) is 0 Å². The van der Waals surface area contributed by atoms with E-state index in [-0.39, 0.29) is 12.5 Å². The summed E-state index contributed by atoms with van der Waals surface area (Å²) in [5.74, 6) is 0.443. The number of hydrogen-bond acceptors (Lipinski definition) is 6. The summed E-state index contributed by atoms with van der Waals surface area (Å²) >= 11 is 1.01. The minimum Gasteiger partial charge on any atom is -0.497 e. The number of para-hydroxylation sites is 1. The highest BCUT2D eigenvalue weighted by Gasteiger charge is 2.25. The number of carbonyl (C=O) groups is 2. The number of amides is 3. The van der Waals surface area contributed by atoms with Gasteiger partial charge in [0.2, 0.25) is 5.91 Å². The van der Waals surface area contributed by atoms with Crippen LogP contribution in [0.4, 0.5) is 10.5 Å². The van der Waals surface area contributed by atoms with Gasteiger partial charge in [0, 0.05) is 31.1 Å². The second-order valence-corrected chi connectivity index (χ2v) is 8.78. The fourth-order valence-electron chi connectivity index (χ4n) is 3.81. The van der Waals surface area contributed by atoms with Gasteiger partial charge in [0.25, 0.3) is 0 Å². The number of nitrogens with zero attached hydrogens (tertiary/aromatic N) is 3. The van der Waals surface area contributed by atoms with Gasteiger partial charge >= 0.3 is 6.03 Å². The topological polar surface area (TPSA) is 115 Å². The zero-order valence-corrected chi connectivity index (χ0v) is 20.9. The summed E-state index contributed by atoms with van der Waals surface area (Å²) in [4.78, 5) is 27.8. The Morgan fingerprint density at radius 3 is 2.44 bits per heavy atom. The number of aromatic nitrogens is 2. The minimum absolute atomic E-state index is 0.251. The lowest BCUT2D eigenvalue weighted by molar-refractivity contribution is -0.120. The van der Waals surface area contributed by atoms with Crippen LogP contribution in [-0.2, 0) is 17.8 Å². The van der Waals surface area contributed by atoms with E-state index in [0.29, 0.717) is 17.9 Å². The first-order chi connectivity index (χ1) is 17.5. The van der Waals surface area contributed by atoms with Crippen molar-refractivity contribution < 1.29 is 14.3 Å². The van der Waals surface area contributed by atoms with E-state index in [4.69, 9.17) is 10.5 Å². The van der Waals surface area contributed by atoms with E-state index in [1.807, 2.05) is 54.6 Å². The Labute approximate surface area is 213 Å². The molecule has 0 aliphatic heterocycles. The van der Waals surface area contributed by atoms with Gasteiger partial charge in [-0.3, -0.25) is 9.52 Å². The van der Waals surface area contributed by atoms with Crippen LogP contribution in [0.15, 0.2) is 78.9 Å². The lowest BCUT2D eigenvalue weighted by atomic mass is 10.0. The van der Waals surface area contributed by atoms with Crippen LogP contribution in [0.2, 0.25) is 0 Å². The molecule has 1 aromatic heterocycles. The van der Waals surface area contributed by atoms with Gasteiger partial charge < -0.3 is 20.7 Å². The van der Waals surface area contributed by atoms with E-state index < -0.39 is 12.1 Å². The second kappa shape index (κ2) is 11.6. The van der Waals surface area contributed by atoms with Crippen molar-refractivity contribution in [3.63, 3.8) is 0 Å². The molecule has 36 heavy (non-hydrogen) atoms. The summed E-state index contributed by atoms with van der Waals surface area (Å²) < 4.78 is 9.54. The van der Waals surface area contributed by atoms with Crippen LogP contribution in [0.3, 0.4) is 0 Å². The first-order valence-electron chi connectivity index (χ1n) is 11.4. The Morgan fingerprint density at radius 2 is 1.75 bits per heavy atom. The Morgan fingerprint density at radius 1 is 1.06 bits per heavy atom. The average Bonchev–Trinajstić information content (AvgIpc) is 3.29. The SMILES string of the molecule is COc1ccc(N(C)C(=O)C(Cc2ccccc2)NC(=O)NSn2nc(CN)c3ccccc32)cc1. The monoisotopic (exact) mass is 504 g/mol. The summed E-state index contributed by atoms with van der Waals surface area (Å²) in [7, 11) is 3.27. The number of nitrogens with one attached hydrogen (secondary N) is 2. The highest BCUT2D eigenvalue weighted by Crippen LogP contribution is 2.22. The third-order valence-electron chi connectivity index (χ3n) is 5.73. The Kier molecular flexibility index (Phi) is 8.09. The molecule has 1 heterocycles. The largest absolute Gasteiger partial charge is 0.497 e. The molecule has 0 fully saturated rings. The smallest absolute Gasteiger partial charge is 0.326 e. The summed E-state index contributed by atoms with van der Waals surface area (Å²) in [5.41, 5.74) is 9.00. The highest BCUT2D eigenvalue weighted by atomic mass is 32.2. The molecule has 4 rings (SSSR count). The zero-order valence-electron chi connectivity index (χ0n) is 20.0. The third kappa shape index (κ3) is 5.78. The lowest BCUT2D eigenvalue weighted by Crippen LogP contribution is -2.50. The number of methoxy groups -OCH3 is 1. The number of ether oxygens (including phenoxy) is 1. The molecule has 4 aromatic rings. The van der Waals surface area contributed by atoms with Gasteiger partial charge in [0.15, 0.2) is 0 Å². The number of likely N-dealkylation sites (N-methyl/N-ethyl adjacent to an activating group) is 1. The molecule has 0 bridgehead atoms. The number of benzene rings is 3. The molecule has 0 spiro atoms. The molecular formula is C26H28N6O3S. The molecule has 1 atom stereocenters. The number of fused-ring (bicyclic) bond motifs is 1. The summed E-state index contributed by atoms with van der Waals surface area (Å²) in [6.07, 6.45) is 0.334. The maximum Gasteiger partial charge on any atom is 0.326 e. The molecule has 4 N–H and O–H groups in total. The predicted octanol–water partition coefficient (Wildman–Crippen LogP) is 3.49. The van der Waals surface area contributed by atoms with Crippen LogP contribution in [0, 0.1) is 0 Å². The van der Waals surface area contributed by atoms with Crippen LogP contribution in [0.25, 0.3) is 10.9 Å². The van der Waals surface area contributed by atoms with Crippen LogP contribution in [0.5, 0.6) is 5.75 Å². The number of hydrogen-bond donors (Lipinski definition) is 3. The first-order valence-corrected chi connectivity index (χ1v) is 12.1. The number of anilines is 1. The number of nitrogens with two attached hydrogens (primary N) is 1. The normalized spacial score (nSPS) is 11.6. The number of rotatable bonds is 9. The van der Waals surface area contributed by atoms with Gasteiger partial charge in [-0.15, -0.1) is 0 Å². The second-order valence-electron chi connectivity index (χ2n) is 8.05. The Bertz CT molecular complexity index is 1330. The summed E-state index contributed by atoms with van der Waals surface area (Å²) in [6.45, 7) is 0.283. The molecule has 0 saturated carbocycles. The van der Waals surface area contributed by atoms with Crippen LogP contribution >= 0.6 is 12.1 Å². The lowest BCUT2D eigenvalue weighted by Gasteiger charge is -2.25. The fourth-order valence-corrected chi connectivity index (χ4v) is 4.44. The maximum atomic E-state index is 13.4. The fraction of sp³-hybridized carbons (Fsp3) is 0.192. The van der Waals surface area contributed by atoms with Crippen molar-refractivity contribution >= 4 is 40.7 Å². The van der Waals surface area contributed by atoms with E-state index in [2.05, 4.69) is 15.1 Å². The first kappa shape index (κ1) is 25.1. The van der Waals surface area contributed by atoms with Crippen molar-refractivity contribution in [2.75, 3.05) is 19.1 Å². The van der Waals surface area contributed by atoms with Gasteiger partial charge in [0.1, 0.15) is 11.8 Å². The van der Waals surface area contributed by atoms with Crippen LogP contribution in [-0.4, -0.2) is 41.3 Å². The van der Waals surface area contributed by atoms with Crippen molar-refractivity contribution in [2.45, 2.75) is 19.0 Å². The summed E-state index contributed by atoms with van der Waals surface area (Å²) in [5, 5.41) is 8.22. The Hall–Kier alpha value is -4.02. The van der Waals surface area contributed by atoms with Gasteiger partial charge in [0.05, 0.1) is 30.5 Å². The molecule has 0 aliphatic carbocycles. The van der Waals surface area contributed by atoms with Gasteiger partial charge in [-0.25, -0.2) is 4.79 Å². The van der Waals surface area contributed by atoms with Crippen molar-refractivity contribution in [3.8, 4) is 5.75 Å². The van der Waals surface area contributed by atoms with Gasteiger partial charge in [-0.2, -0.15) is 9.19 Å². The summed E-state index contributed by atoms with van der Waals surface area (Å²) in [6, 6.07) is 23.1. The molecule has 0 saturated heterocycles. The van der Waals surface area contributed by atoms with Gasteiger partial charge in [-0.05, 0) is 35.9 Å². The standard InChI is InChI=1S/C26H28N6O3S/c1-31(19-12-14-20(35-2)15-13-19)25(33)22(16-18-8-4-3-5-9-18)28-26(34)30-36-32-24-11-7-6-10-21(24)23(17-27)29-32/h3-15,22H,16-17,27H2,1-2H3,(H2,28,30,34). The third-order valence-corrected chi connectivity index (χ3v) is 6.46. The van der Waals surface area contributed by atoms with E-state index >= 15 is 0 Å². The quantitative estimate of drug-likeness (QED) is 0.301. The van der Waals surface area contributed by atoms with Gasteiger partial charge in [-0.1, -0.05) is 48.5 Å². The van der Waals surface area contributed by atoms with Crippen molar-refractivity contribution in [3.05, 3.63) is 90.1 Å². The van der Waals surface area contributed by atoms with E-state index in [0.717, 1.165) is 34.3 Å². The maximum absolute atomic E-state index is 13.4. The van der Waals surface area contributed by atoms with Crippen LogP contribution < -0.4 is 25.4 Å². The molecule has 3 amide bonds. The molecule has 9 nitrogen and oxygen atoms in total. The zero-order chi connectivity index (χ0) is 25.5.